The standard InChI is InChI=1S/C13H11Cl2N3O/c1-7-4-12(17-6-11(7)16)18-13(19)8-2-3-9(14)10(15)5-8/h2-6H,16H2,1H3,(H,17,18,19). The van der Waals surface area contributed by atoms with Gasteiger partial charge in [0.05, 0.1) is 21.9 Å². The first-order valence-corrected chi connectivity index (χ1v) is 6.21. The van der Waals surface area contributed by atoms with Crippen LogP contribution < -0.4 is 11.1 Å². The number of rotatable bonds is 2. The second-order valence-corrected chi connectivity index (χ2v) is 4.82. The lowest BCUT2D eigenvalue weighted by molar-refractivity contribution is 0.102. The highest BCUT2D eigenvalue weighted by atomic mass is 35.5. The molecule has 0 aliphatic rings. The van der Waals surface area contributed by atoms with Gasteiger partial charge in [-0.25, -0.2) is 4.98 Å². The number of nitrogens with one attached hydrogen (secondary N) is 1. The number of aromatic nitrogens is 1. The van der Waals surface area contributed by atoms with Gasteiger partial charge < -0.3 is 11.1 Å². The van der Waals surface area contributed by atoms with Crippen LogP contribution in [0.3, 0.4) is 0 Å². The van der Waals surface area contributed by atoms with Gasteiger partial charge in [-0.2, -0.15) is 0 Å². The molecular formula is C13H11Cl2N3O. The maximum atomic E-state index is 12.0. The average Bonchev–Trinajstić information content (AvgIpc) is 2.37. The fourth-order valence-electron chi connectivity index (χ4n) is 1.46. The highest BCUT2D eigenvalue weighted by molar-refractivity contribution is 6.42. The van der Waals surface area contributed by atoms with E-state index in [1.165, 1.54) is 12.3 Å². The number of anilines is 2. The molecule has 0 aliphatic heterocycles. The molecule has 0 aliphatic carbocycles. The fraction of sp³-hybridized carbons (Fsp3) is 0.0769. The summed E-state index contributed by atoms with van der Waals surface area (Å²) in [5.74, 6) is 0.123. The predicted octanol–water partition coefficient (Wildman–Crippen LogP) is 3.53. The van der Waals surface area contributed by atoms with Crippen molar-refractivity contribution in [1.29, 1.82) is 0 Å². The number of carbonyl (C=O) groups is 1. The Balaban J connectivity index is 2.20. The number of hydrogen-bond donors (Lipinski definition) is 2. The third kappa shape index (κ3) is 3.16. The Morgan fingerprint density at radius 3 is 2.63 bits per heavy atom. The molecule has 0 saturated heterocycles. The first kappa shape index (κ1) is 13.6. The quantitative estimate of drug-likeness (QED) is 0.890. The van der Waals surface area contributed by atoms with Crippen LogP contribution in [0, 0.1) is 6.92 Å². The molecule has 98 valence electrons. The minimum absolute atomic E-state index is 0.310. The number of nitrogens with zero attached hydrogens (tertiary/aromatic N) is 1. The van der Waals surface area contributed by atoms with Crippen LogP contribution in [0.4, 0.5) is 11.5 Å². The van der Waals surface area contributed by atoms with Crippen molar-refractivity contribution in [3.63, 3.8) is 0 Å². The Kier molecular flexibility index (Phi) is 3.93. The Morgan fingerprint density at radius 2 is 2.00 bits per heavy atom. The summed E-state index contributed by atoms with van der Waals surface area (Å²) >= 11 is 11.7. The second-order valence-electron chi connectivity index (χ2n) is 4.01. The minimum Gasteiger partial charge on any atom is -0.397 e. The van der Waals surface area contributed by atoms with E-state index in [4.69, 9.17) is 28.9 Å². The first-order valence-electron chi connectivity index (χ1n) is 5.46. The third-order valence-electron chi connectivity index (χ3n) is 2.57. The van der Waals surface area contributed by atoms with Crippen LogP contribution in [0.15, 0.2) is 30.5 Å². The van der Waals surface area contributed by atoms with Gasteiger partial charge in [-0.1, -0.05) is 23.2 Å². The van der Waals surface area contributed by atoms with Crippen LogP contribution in [0.5, 0.6) is 0 Å². The van der Waals surface area contributed by atoms with Gasteiger partial charge in [-0.3, -0.25) is 4.79 Å². The Labute approximate surface area is 120 Å². The van der Waals surface area contributed by atoms with Crippen LogP contribution in [0.1, 0.15) is 15.9 Å². The van der Waals surface area contributed by atoms with E-state index >= 15 is 0 Å². The van der Waals surface area contributed by atoms with Gasteiger partial charge in [-0.05, 0) is 36.8 Å². The highest BCUT2D eigenvalue weighted by Crippen LogP contribution is 2.23. The molecule has 0 unspecified atom stereocenters. The summed E-state index contributed by atoms with van der Waals surface area (Å²) < 4.78 is 0. The van der Waals surface area contributed by atoms with E-state index in [0.717, 1.165) is 5.56 Å². The van der Waals surface area contributed by atoms with Gasteiger partial charge in [0.15, 0.2) is 0 Å². The summed E-state index contributed by atoms with van der Waals surface area (Å²) in [6, 6.07) is 6.36. The minimum atomic E-state index is -0.310. The maximum Gasteiger partial charge on any atom is 0.256 e. The summed E-state index contributed by atoms with van der Waals surface area (Å²) in [7, 11) is 0. The number of amides is 1. The molecule has 1 aromatic carbocycles. The van der Waals surface area contributed by atoms with E-state index in [9.17, 15) is 4.79 Å². The first-order chi connectivity index (χ1) is 8.97. The lowest BCUT2D eigenvalue weighted by Gasteiger charge is -2.07. The zero-order valence-corrected chi connectivity index (χ0v) is 11.6. The number of hydrogen-bond acceptors (Lipinski definition) is 3. The number of aryl methyl sites for hydroxylation is 1. The van der Waals surface area contributed by atoms with Crippen LogP contribution in [-0.2, 0) is 0 Å². The van der Waals surface area contributed by atoms with Crippen molar-refractivity contribution in [3.8, 4) is 0 Å². The smallest absolute Gasteiger partial charge is 0.256 e. The van der Waals surface area contributed by atoms with Gasteiger partial charge in [-0.15, -0.1) is 0 Å². The van der Waals surface area contributed by atoms with Gasteiger partial charge in [0.2, 0.25) is 0 Å². The van der Waals surface area contributed by atoms with Crippen molar-refractivity contribution in [2.24, 2.45) is 0 Å². The van der Waals surface area contributed by atoms with E-state index in [0.29, 0.717) is 27.1 Å². The van der Waals surface area contributed by atoms with Crippen LogP contribution >= 0.6 is 23.2 Å². The van der Waals surface area contributed by atoms with Crippen LogP contribution in [0.2, 0.25) is 10.0 Å². The number of benzene rings is 1. The molecule has 6 heteroatoms. The molecular weight excluding hydrogens is 285 g/mol. The lowest BCUT2D eigenvalue weighted by Crippen LogP contribution is -2.13. The van der Waals surface area contributed by atoms with E-state index in [2.05, 4.69) is 10.3 Å². The molecule has 0 radical (unpaired) electrons. The number of halogens is 2. The molecule has 3 N–H and O–H groups in total. The van der Waals surface area contributed by atoms with E-state index in [-0.39, 0.29) is 5.91 Å². The summed E-state index contributed by atoms with van der Waals surface area (Å²) in [5.41, 5.74) is 7.49. The molecule has 1 aromatic heterocycles. The van der Waals surface area contributed by atoms with Crippen LogP contribution in [-0.4, -0.2) is 10.9 Å². The highest BCUT2D eigenvalue weighted by Gasteiger charge is 2.09. The number of nitrogen functional groups attached to an aromatic ring is 1. The molecule has 4 nitrogen and oxygen atoms in total. The molecule has 0 saturated carbocycles. The maximum absolute atomic E-state index is 12.0. The number of pyridine rings is 1. The molecule has 0 spiro atoms. The predicted molar refractivity (Wildman–Crippen MR) is 77.8 cm³/mol. The lowest BCUT2D eigenvalue weighted by atomic mass is 10.2. The Hall–Kier alpha value is -1.78. The summed E-state index contributed by atoms with van der Waals surface area (Å²) in [6.07, 6.45) is 1.50. The van der Waals surface area contributed by atoms with Gasteiger partial charge in [0.25, 0.3) is 5.91 Å². The van der Waals surface area contributed by atoms with Crippen molar-refractivity contribution in [1.82, 2.24) is 4.98 Å². The largest absolute Gasteiger partial charge is 0.397 e. The molecule has 1 heterocycles. The van der Waals surface area contributed by atoms with Crippen molar-refractivity contribution in [2.45, 2.75) is 6.92 Å². The third-order valence-corrected chi connectivity index (χ3v) is 3.31. The van der Waals surface area contributed by atoms with Crippen molar-refractivity contribution in [3.05, 3.63) is 51.6 Å². The van der Waals surface area contributed by atoms with Crippen molar-refractivity contribution < 1.29 is 4.79 Å². The Bertz CT molecular complexity index is 644. The fourth-order valence-corrected chi connectivity index (χ4v) is 1.76. The molecule has 0 atom stereocenters. The summed E-state index contributed by atoms with van der Waals surface area (Å²) in [6.45, 7) is 1.84. The zero-order valence-electron chi connectivity index (χ0n) is 10.1. The Morgan fingerprint density at radius 1 is 1.26 bits per heavy atom. The van der Waals surface area contributed by atoms with E-state index < -0.39 is 0 Å². The average molecular weight is 296 g/mol. The zero-order chi connectivity index (χ0) is 14.0. The van der Waals surface area contributed by atoms with Crippen molar-refractivity contribution >= 4 is 40.6 Å². The molecule has 0 bridgehead atoms. The molecule has 2 aromatic rings. The summed E-state index contributed by atoms with van der Waals surface area (Å²) in [4.78, 5) is 16.0. The molecule has 19 heavy (non-hydrogen) atoms. The van der Waals surface area contributed by atoms with Gasteiger partial charge in [0, 0.05) is 5.56 Å². The normalized spacial score (nSPS) is 10.3. The van der Waals surface area contributed by atoms with Gasteiger partial charge >= 0.3 is 0 Å². The topological polar surface area (TPSA) is 68.0 Å². The molecule has 2 rings (SSSR count). The van der Waals surface area contributed by atoms with E-state index in [1.807, 2.05) is 6.92 Å². The molecule has 1 amide bonds. The second kappa shape index (κ2) is 5.47. The van der Waals surface area contributed by atoms with E-state index in [1.54, 1.807) is 18.2 Å². The van der Waals surface area contributed by atoms with Gasteiger partial charge in [0.1, 0.15) is 5.82 Å². The molecule has 0 fully saturated rings. The summed E-state index contributed by atoms with van der Waals surface area (Å²) in [5, 5.41) is 3.40. The SMILES string of the molecule is Cc1cc(NC(=O)c2ccc(Cl)c(Cl)c2)ncc1N. The van der Waals surface area contributed by atoms with Crippen LogP contribution in [0.25, 0.3) is 0 Å². The van der Waals surface area contributed by atoms with Crippen molar-refractivity contribution in [2.75, 3.05) is 11.1 Å². The number of nitrogens with two attached hydrogens (primary N) is 1. The number of carbonyl (C=O) groups excluding carboxylic acids is 1. The monoisotopic (exact) mass is 295 g/mol.